The Morgan fingerprint density at radius 2 is 1.86 bits per heavy atom. The molecule has 3 rings (SSSR count). The maximum Gasteiger partial charge on any atom is 0.417 e. The lowest BCUT2D eigenvalue weighted by Crippen LogP contribution is -2.21. The summed E-state index contributed by atoms with van der Waals surface area (Å²) in [6.45, 7) is 5.77. The van der Waals surface area contributed by atoms with Crippen molar-refractivity contribution in [2.45, 2.75) is 32.4 Å². The van der Waals surface area contributed by atoms with Gasteiger partial charge in [-0.1, -0.05) is 25.9 Å². The van der Waals surface area contributed by atoms with E-state index in [4.69, 9.17) is 4.52 Å². The predicted octanol–water partition coefficient (Wildman–Crippen LogP) is 3.79. The van der Waals surface area contributed by atoms with E-state index in [0.29, 0.717) is 12.0 Å². The van der Waals surface area contributed by atoms with Crippen LogP contribution in [0.2, 0.25) is 0 Å². The molecule has 3 heterocycles. The lowest BCUT2D eigenvalue weighted by atomic mass is 9.93. The van der Waals surface area contributed by atoms with Crippen molar-refractivity contribution in [3.8, 4) is 5.82 Å². The normalized spacial score (nSPS) is 12.1. The number of nitrogens with zero attached hydrogens (tertiary/aromatic N) is 3. The van der Waals surface area contributed by atoms with Crippen molar-refractivity contribution >= 4 is 11.7 Å². The van der Waals surface area contributed by atoms with Crippen molar-refractivity contribution in [2.75, 3.05) is 5.32 Å². The molecule has 7 nitrogen and oxygen atoms in total. The van der Waals surface area contributed by atoms with Gasteiger partial charge in [0.15, 0.2) is 5.82 Å². The number of aromatic nitrogens is 3. The number of hydrogen-bond donors (Lipinski definition) is 1. The molecule has 0 aliphatic carbocycles. The van der Waals surface area contributed by atoms with E-state index >= 15 is 0 Å². The third-order valence-electron chi connectivity index (χ3n) is 3.99. The van der Waals surface area contributed by atoms with Crippen molar-refractivity contribution in [1.82, 2.24) is 14.7 Å². The molecule has 10 heteroatoms. The summed E-state index contributed by atoms with van der Waals surface area (Å²) in [7, 11) is 0. The second kappa shape index (κ2) is 7.19. The molecule has 29 heavy (non-hydrogen) atoms. The van der Waals surface area contributed by atoms with Gasteiger partial charge < -0.3 is 9.84 Å². The minimum absolute atomic E-state index is 0.0471. The summed E-state index contributed by atoms with van der Waals surface area (Å²) in [6, 6.07) is 5.87. The van der Waals surface area contributed by atoms with Gasteiger partial charge in [-0.2, -0.15) is 13.2 Å². The van der Waals surface area contributed by atoms with E-state index in [2.05, 4.69) is 15.5 Å². The van der Waals surface area contributed by atoms with Crippen LogP contribution < -0.4 is 10.9 Å². The highest BCUT2D eigenvalue weighted by Crippen LogP contribution is 2.28. The van der Waals surface area contributed by atoms with Gasteiger partial charge in [0.1, 0.15) is 11.6 Å². The maximum atomic E-state index is 12.7. The van der Waals surface area contributed by atoms with Crippen LogP contribution in [0.25, 0.3) is 5.82 Å². The number of hydrogen-bond acceptors (Lipinski definition) is 5. The van der Waals surface area contributed by atoms with Gasteiger partial charge >= 0.3 is 6.18 Å². The van der Waals surface area contributed by atoms with Gasteiger partial charge in [0.25, 0.3) is 11.5 Å². The Labute approximate surface area is 163 Å². The second-order valence-corrected chi connectivity index (χ2v) is 7.31. The van der Waals surface area contributed by atoms with Crippen LogP contribution in [0.1, 0.15) is 42.5 Å². The maximum absolute atomic E-state index is 12.7. The number of amides is 1. The molecule has 3 aromatic heterocycles. The molecule has 0 saturated carbocycles. The lowest BCUT2D eigenvalue weighted by molar-refractivity contribution is -0.137. The molecule has 1 N–H and O–H groups in total. The van der Waals surface area contributed by atoms with Crippen LogP contribution in [-0.2, 0) is 11.6 Å². The van der Waals surface area contributed by atoms with E-state index in [1.165, 1.54) is 12.3 Å². The standard InChI is InChI=1S/C19H17F3N4O3/c1-18(2,3)13-8-14(25-29-13)24-17(28)11-4-7-16(27)26(10-11)15-6-5-12(9-23-15)19(20,21)22/h4-10H,1-3H3,(H,24,25,28). The quantitative estimate of drug-likeness (QED) is 0.715. The van der Waals surface area contributed by atoms with E-state index < -0.39 is 23.2 Å². The summed E-state index contributed by atoms with van der Waals surface area (Å²) in [4.78, 5) is 28.2. The first kappa shape index (κ1) is 20.3. The molecule has 152 valence electrons. The third-order valence-corrected chi connectivity index (χ3v) is 3.99. The monoisotopic (exact) mass is 406 g/mol. The fraction of sp³-hybridized carbons (Fsp3) is 0.263. The Kier molecular flexibility index (Phi) is 5.04. The van der Waals surface area contributed by atoms with E-state index in [0.717, 1.165) is 22.8 Å². The number of rotatable bonds is 3. The molecule has 0 saturated heterocycles. The third kappa shape index (κ3) is 4.53. The van der Waals surface area contributed by atoms with Gasteiger partial charge in [-0.15, -0.1) is 0 Å². The van der Waals surface area contributed by atoms with Gasteiger partial charge in [0, 0.05) is 29.9 Å². The molecule has 0 spiro atoms. The summed E-state index contributed by atoms with van der Waals surface area (Å²) in [6.07, 6.45) is -2.72. The van der Waals surface area contributed by atoms with Gasteiger partial charge in [-0.05, 0) is 18.2 Å². The Morgan fingerprint density at radius 1 is 1.14 bits per heavy atom. The average Bonchev–Trinajstić information content (AvgIpc) is 3.10. The fourth-order valence-electron chi connectivity index (χ4n) is 2.37. The van der Waals surface area contributed by atoms with Crippen LogP contribution in [0.3, 0.4) is 0 Å². The predicted molar refractivity (Wildman–Crippen MR) is 98.0 cm³/mol. The molecule has 1 amide bonds. The summed E-state index contributed by atoms with van der Waals surface area (Å²) in [5.74, 6) is 0.158. The van der Waals surface area contributed by atoms with Gasteiger partial charge in [0.2, 0.25) is 0 Å². The summed E-state index contributed by atoms with van der Waals surface area (Å²) >= 11 is 0. The zero-order valence-electron chi connectivity index (χ0n) is 15.7. The highest BCUT2D eigenvalue weighted by molar-refractivity contribution is 6.03. The Bertz CT molecular complexity index is 1090. The van der Waals surface area contributed by atoms with Crippen LogP contribution in [-0.4, -0.2) is 20.6 Å². The molecule has 0 aliphatic rings. The molecule has 0 aromatic carbocycles. The Hall–Kier alpha value is -3.43. The molecule has 3 aromatic rings. The first-order chi connectivity index (χ1) is 13.4. The number of anilines is 1. The summed E-state index contributed by atoms with van der Waals surface area (Å²) in [5, 5.41) is 6.33. The van der Waals surface area contributed by atoms with Crippen molar-refractivity contribution in [3.63, 3.8) is 0 Å². The van der Waals surface area contributed by atoms with E-state index in [9.17, 15) is 22.8 Å². The number of carbonyl (C=O) groups excluding carboxylic acids is 1. The summed E-state index contributed by atoms with van der Waals surface area (Å²) < 4.78 is 44.2. The number of nitrogens with one attached hydrogen (secondary N) is 1. The largest absolute Gasteiger partial charge is 0.417 e. The van der Waals surface area contributed by atoms with E-state index in [1.54, 1.807) is 6.07 Å². The molecule has 0 radical (unpaired) electrons. The van der Waals surface area contributed by atoms with Gasteiger partial charge in [-0.25, -0.2) is 4.98 Å². The molecule has 0 bridgehead atoms. The van der Waals surface area contributed by atoms with Crippen LogP contribution in [0.5, 0.6) is 0 Å². The Balaban J connectivity index is 1.86. The number of halogens is 3. The minimum atomic E-state index is -4.54. The SMILES string of the molecule is CC(C)(C)c1cc(NC(=O)c2ccc(=O)n(-c3ccc(C(F)(F)F)cn3)c2)no1. The lowest BCUT2D eigenvalue weighted by Gasteiger charge is -2.12. The zero-order chi connectivity index (χ0) is 21.4. The van der Waals surface area contributed by atoms with Crippen molar-refractivity contribution in [2.24, 2.45) is 0 Å². The second-order valence-electron chi connectivity index (χ2n) is 7.31. The molecular formula is C19H17F3N4O3. The van der Waals surface area contributed by atoms with Crippen LogP contribution >= 0.6 is 0 Å². The van der Waals surface area contributed by atoms with Crippen molar-refractivity contribution < 1.29 is 22.5 Å². The first-order valence-electron chi connectivity index (χ1n) is 8.50. The van der Waals surface area contributed by atoms with E-state index in [1.807, 2.05) is 20.8 Å². The zero-order valence-corrected chi connectivity index (χ0v) is 15.7. The smallest absolute Gasteiger partial charge is 0.359 e. The molecule has 0 aliphatic heterocycles. The van der Waals surface area contributed by atoms with Crippen molar-refractivity contribution in [1.29, 1.82) is 0 Å². The molecular weight excluding hydrogens is 389 g/mol. The fourth-order valence-corrected chi connectivity index (χ4v) is 2.37. The molecule has 0 atom stereocenters. The number of carbonyl (C=O) groups is 1. The highest BCUT2D eigenvalue weighted by Gasteiger charge is 2.30. The van der Waals surface area contributed by atoms with Crippen LogP contribution in [0, 0.1) is 0 Å². The number of pyridine rings is 2. The van der Waals surface area contributed by atoms with Gasteiger partial charge in [-0.3, -0.25) is 14.2 Å². The minimum Gasteiger partial charge on any atom is -0.359 e. The highest BCUT2D eigenvalue weighted by atomic mass is 19.4. The number of alkyl halides is 3. The average molecular weight is 406 g/mol. The molecule has 0 fully saturated rings. The van der Waals surface area contributed by atoms with Crippen molar-refractivity contribution in [3.05, 3.63) is 70.0 Å². The first-order valence-corrected chi connectivity index (χ1v) is 8.50. The van der Waals surface area contributed by atoms with Gasteiger partial charge in [0.05, 0.1) is 11.1 Å². The molecule has 0 unspecified atom stereocenters. The van der Waals surface area contributed by atoms with Crippen LogP contribution in [0.15, 0.2) is 52.0 Å². The van der Waals surface area contributed by atoms with Crippen LogP contribution in [0.4, 0.5) is 19.0 Å². The topological polar surface area (TPSA) is 90.0 Å². The van der Waals surface area contributed by atoms with E-state index in [-0.39, 0.29) is 22.6 Å². The summed E-state index contributed by atoms with van der Waals surface area (Å²) in [5.41, 5.74) is -1.70. The Morgan fingerprint density at radius 3 is 2.41 bits per heavy atom.